The average molecular weight is 254 g/mol. The Kier molecular flexibility index (Phi) is 4.62. The van der Waals surface area contributed by atoms with E-state index in [1.54, 1.807) is 7.11 Å². The predicted molar refractivity (Wildman–Crippen MR) is 71.2 cm³/mol. The molecule has 3 N–H and O–H groups in total. The van der Waals surface area contributed by atoms with Gasteiger partial charge in [-0.15, -0.1) is 0 Å². The number of hydrogen-bond donors (Lipinski definition) is 2. The van der Waals surface area contributed by atoms with E-state index in [2.05, 4.69) is 5.32 Å². The van der Waals surface area contributed by atoms with Gasteiger partial charge in [0.25, 0.3) is 0 Å². The van der Waals surface area contributed by atoms with Crippen LogP contribution in [0.5, 0.6) is 0 Å². The highest BCUT2D eigenvalue weighted by Crippen LogP contribution is 2.35. The summed E-state index contributed by atoms with van der Waals surface area (Å²) in [5.74, 6) is 0.187. The summed E-state index contributed by atoms with van der Waals surface area (Å²) in [6.07, 6.45) is 8.88. The van der Waals surface area contributed by atoms with E-state index in [-0.39, 0.29) is 11.3 Å². The number of hydrogen-bond acceptors (Lipinski definition) is 3. The molecule has 104 valence electrons. The van der Waals surface area contributed by atoms with Crippen LogP contribution in [0.1, 0.15) is 51.4 Å². The van der Waals surface area contributed by atoms with Crippen molar-refractivity contribution in [3.05, 3.63) is 0 Å². The minimum absolute atomic E-state index is 0.187. The van der Waals surface area contributed by atoms with Crippen LogP contribution in [-0.2, 0) is 9.53 Å². The van der Waals surface area contributed by atoms with Crippen LogP contribution in [0.2, 0.25) is 0 Å². The third kappa shape index (κ3) is 2.86. The molecule has 0 saturated heterocycles. The quantitative estimate of drug-likeness (QED) is 0.749. The van der Waals surface area contributed by atoms with E-state index in [9.17, 15) is 4.79 Å². The summed E-state index contributed by atoms with van der Waals surface area (Å²) in [5, 5.41) is 3.17. The fourth-order valence-electron chi connectivity index (χ4n) is 3.14. The molecule has 0 bridgehead atoms. The molecule has 1 amide bonds. The third-order valence-electron chi connectivity index (χ3n) is 4.70. The van der Waals surface area contributed by atoms with Crippen molar-refractivity contribution >= 4 is 5.91 Å². The van der Waals surface area contributed by atoms with E-state index in [1.807, 2.05) is 0 Å². The maximum atomic E-state index is 12.5. The zero-order chi connectivity index (χ0) is 13.0. The van der Waals surface area contributed by atoms with Gasteiger partial charge in [0.1, 0.15) is 0 Å². The first-order chi connectivity index (χ1) is 8.70. The van der Waals surface area contributed by atoms with E-state index in [4.69, 9.17) is 10.5 Å². The Labute approximate surface area is 110 Å². The molecule has 2 fully saturated rings. The molecule has 0 unspecified atom stereocenters. The Morgan fingerprint density at radius 1 is 1.28 bits per heavy atom. The van der Waals surface area contributed by atoms with Crippen LogP contribution in [0.4, 0.5) is 0 Å². The maximum absolute atomic E-state index is 12.5. The van der Waals surface area contributed by atoms with Crippen LogP contribution in [0.3, 0.4) is 0 Å². The largest absolute Gasteiger partial charge is 0.381 e. The summed E-state index contributed by atoms with van der Waals surface area (Å²) in [7, 11) is 1.73. The summed E-state index contributed by atoms with van der Waals surface area (Å²) in [4.78, 5) is 12.5. The molecule has 0 aliphatic heterocycles. The Balaban J connectivity index is 1.88. The van der Waals surface area contributed by atoms with Crippen molar-refractivity contribution in [2.24, 2.45) is 11.1 Å². The minimum Gasteiger partial charge on any atom is -0.381 e. The average Bonchev–Trinajstić information content (AvgIpc) is 2.59. The first kappa shape index (κ1) is 13.8. The third-order valence-corrected chi connectivity index (χ3v) is 4.70. The lowest BCUT2D eigenvalue weighted by molar-refractivity contribution is -0.133. The van der Waals surface area contributed by atoms with Gasteiger partial charge < -0.3 is 15.8 Å². The van der Waals surface area contributed by atoms with Crippen LogP contribution in [0, 0.1) is 5.41 Å². The van der Waals surface area contributed by atoms with Gasteiger partial charge in [0, 0.05) is 19.7 Å². The summed E-state index contributed by atoms with van der Waals surface area (Å²) in [6.45, 7) is 0.485. The number of amides is 1. The molecule has 0 atom stereocenters. The van der Waals surface area contributed by atoms with Gasteiger partial charge in [0.2, 0.25) is 5.91 Å². The van der Waals surface area contributed by atoms with Gasteiger partial charge in [-0.25, -0.2) is 0 Å². The normalized spacial score (nSPS) is 31.2. The van der Waals surface area contributed by atoms with E-state index < -0.39 is 0 Å². The molecule has 2 aliphatic carbocycles. The number of nitrogens with one attached hydrogen (secondary N) is 1. The Morgan fingerprint density at radius 3 is 2.39 bits per heavy atom. The minimum atomic E-state index is -0.297. The van der Waals surface area contributed by atoms with Crippen LogP contribution < -0.4 is 11.1 Å². The molecule has 0 aromatic heterocycles. The lowest BCUT2D eigenvalue weighted by Crippen LogP contribution is -2.54. The summed E-state index contributed by atoms with van der Waals surface area (Å²) in [5.41, 5.74) is 5.61. The second kappa shape index (κ2) is 6.02. The lowest BCUT2D eigenvalue weighted by Gasteiger charge is -2.38. The molecule has 0 aromatic carbocycles. The van der Waals surface area contributed by atoms with Crippen molar-refractivity contribution in [3.63, 3.8) is 0 Å². The van der Waals surface area contributed by atoms with Gasteiger partial charge in [0.05, 0.1) is 11.5 Å². The molecule has 2 saturated carbocycles. The van der Waals surface area contributed by atoms with Crippen LogP contribution >= 0.6 is 0 Å². The monoisotopic (exact) mass is 254 g/mol. The Morgan fingerprint density at radius 2 is 1.89 bits per heavy atom. The molecular formula is C14H26N2O2. The molecule has 4 nitrogen and oxygen atoms in total. The molecule has 2 rings (SSSR count). The first-order valence-corrected chi connectivity index (χ1v) is 7.24. The predicted octanol–water partition coefficient (Wildman–Crippen LogP) is 1.58. The second-order valence-corrected chi connectivity index (χ2v) is 5.90. The highest BCUT2D eigenvalue weighted by atomic mass is 16.5. The van der Waals surface area contributed by atoms with E-state index >= 15 is 0 Å². The molecule has 0 spiro atoms. The number of nitrogens with two attached hydrogens (primary N) is 1. The van der Waals surface area contributed by atoms with Crippen molar-refractivity contribution in [3.8, 4) is 0 Å². The van der Waals surface area contributed by atoms with E-state index in [0.717, 1.165) is 38.5 Å². The molecule has 4 heteroatoms. The Hall–Kier alpha value is -0.610. The standard InChI is InChI=1S/C14H26N2O2/c1-18-12-8-11(9-12)16-13(17)14(10-15)6-4-2-3-5-7-14/h11-12H,2-10,15H2,1H3,(H,16,17). The molecule has 0 radical (unpaired) electrons. The number of methoxy groups -OCH3 is 1. The van der Waals surface area contributed by atoms with Gasteiger partial charge in [0.15, 0.2) is 0 Å². The second-order valence-electron chi connectivity index (χ2n) is 5.90. The van der Waals surface area contributed by atoms with Gasteiger partial charge >= 0.3 is 0 Å². The van der Waals surface area contributed by atoms with Crippen molar-refractivity contribution in [1.29, 1.82) is 0 Å². The highest BCUT2D eigenvalue weighted by Gasteiger charge is 2.40. The zero-order valence-corrected chi connectivity index (χ0v) is 11.4. The van der Waals surface area contributed by atoms with Crippen LogP contribution in [0.25, 0.3) is 0 Å². The number of carbonyl (C=O) groups excluding carboxylic acids is 1. The van der Waals surface area contributed by atoms with Crippen LogP contribution in [0.15, 0.2) is 0 Å². The fourth-order valence-corrected chi connectivity index (χ4v) is 3.14. The van der Waals surface area contributed by atoms with Crippen molar-refractivity contribution in [2.45, 2.75) is 63.5 Å². The topological polar surface area (TPSA) is 64.3 Å². The molecule has 18 heavy (non-hydrogen) atoms. The highest BCUT2D eigenvalue weighted by molar-refractivity contribution is 5.83. The number of ether oxygens (including phenoxy) is 1. The fraction of sp³-hybridized carbons (Fsp3) is 0.929. The van der Waals surface area contributed by atoms with Gasteiger partial charge in [-0.05, 0) is 25.7 Å². The summed E-state index contributed by atoms with van der Waals surface area (Å²) < 4.78 is 5.24. The van der Waals surface area contributed by atoms with Crippen molar-refractivity contribution < 1.29 is 9.53 Å². The number of carbonyl (C=O) groups is 1. The molecule has 2 aliphatic rings. The number of rotatable bonds is 4. The first-order valence-electron chi connectivity index (χ1n) is 7.24. The van der Waals surface area contributed by atoms with Gasteiger partial charge in [-0.3, -0.25) is 4.79 Å². The summed E-state index contributed by atoms with van der Waals surface area (Å²) in [6, 6.07) is 0.300. The van der Waals surface area contributed by atoms with Crippen LogP contribution in [-0.4, -0.2) is 31.7 Å². The van der Waals surface area contributed by atoms with E-state index in [0.29, 0.717) is 18.7 Å². The lowest BCUT2D eigenvalue weighted by atomic mass is 9.78. The Bertz CT molecular complexity index is 280. The van der Waals surface area contributed by atoms with Crippen molar-refractivity contribution in [2.75, 3.05) is 13.7 Å². The maximum Gasteiger partial charge on any atom is 0.227 e. The molecule has 0 aromatic rings. The van der Waals surface area contributed by atoms with E-state index in [1.165, 1.54) is 12.8 Å². The van der Waals surface area contributed by atoms with Gasteiger partial charge in [-0.1, -0.05) is 25.7 Å². The van der Waals surface area contributed by atoms with Crippen molar-refractivity contribution in [1.82, 2.24) is 5.32 Å². The molecule has 0 heterocycles. The summed E-state index contributed by atoms with van der Waals surface area (Å²) >= 11 is 0. The zero-order valence-electron chi connectivity index (χ0n) is 11.4. The molecular weight excluding hydrogens is 228 g/mol. The SMILES string of the molecule is COC1CC(NC(=O)C2(CN)CCCCCC2)C1. The smallest absolute Gasteiger partial charge is 0.227 e. The van der Waals surface area contributed by atoms with Gasteiger partial charge in [-0.2, -0.15) is 0 Å².